The molecule has 0 unspecified atom stereocenters. The molecule has 0 saturated carbocycles. The van der Waals surface area contributed by atoms with Crippen LogP contribution in [-0.2, 0) is 10.8 Å². The van der Waals surface area contributed by atoms with Crippen LogP contribution in [0.2, 0.25) is 0 Å². The van der Waals surface area contributed by atoms with Crippen molar-refractivity contribution in [3.8, 4) is 50.2 Å². The number of para-hydroxylation sites is 2. The van der Waals surface area contributed by atoms with Crippen LogP contribution in [0.5, 0.6) is 0 Å². The van der Waals surface area contributed by atoms with E-state index in [0.29, 0.717) is 0 Å². The van der Waals surface area contributed by atoms with Crippen molar-refractivity contribution in [3.63, 3.8) is 0 Å². The van der Waals surface area contributed by atoms with Gasteiger partial charge in [-0.1, -0.05) is 184 Å². The minimum Gasteiger partial charge on any atom is -0.354 e. The highest BCUT2D eigenvalue weighted by atomic mass is 15.0. The smallest absolute Gasteiger partial charge is 0.0721 e. The van der Waals surface area contributed by atoms with Gasteiger partial charge in [-0.3, -0.25) is 0 Å². The minimum atomic E-state index is -0.555. The van der Waals surface area contributed by atoms with Crippen LogP contribution in [0.15, 0.2) is 200 Å². The van der Waals surface area contributed by atoms with E-state index in [1.54, 1.807) is 0 Å². The fraction of sp³-hybridized carbons (Fsp3) is 0.0690. The number of rotatable bonds is 4. The van der Waals surface area contributed by atoms with Gasteiger partial charge in [0.05, 0.1) is 22.1 Å². The van der Waals surface area contributed by atoms with Crippen LogP contribution < -0.4 is 5.32 Å². The summed E-state index contributed by atoms with van der Waals surface area (Å²) in [4.78, 5) is 0. The van der Waals surface area contributed by atoms with E-state index in [1.165, 1.54) is 105 Å². The maximum atomic E-state index is 4.19. The van der Waals surface area contributed by atoms with E-state index in [9.17, 15) is 0 Å². The highest BCUT2D eigenvalue weighted by Gasteiger charge is 2.55. The number of aromatic nitrogens is 1. The normalized spacial score (nSPS) is 14.4. The quantitative estimate of drug-likeness (QED) is 0.189. The second-order valence-electron chi connectivity index (χ2n) is 17.3. The zero-order chi connectivity index (χ0) is 39.7. The summed E-state index contributed by atoms with van der Waals surface area (Å²) in [6.07, 6.45) is 0. The summed E-state index contributed by atoms with van der Waals surface area (Å²) in [7, 11) is 0. The molecule has 2 aliphatic carbocycles. The lowest BCUT2D eigenvalue weighted by Crippen LogP contribution is -2.40. The molecule has 282 valence electrons. The molecule has 9 aromatic carbocycles. The Kier molecular flexibility index (Phi) is 6.74. The molecule has 0 atom stereocenters. The predicted octanol–water partition coefficient (Wildman–Crippen LogP) is 14.8. The Morgan fingerprint density at radius 3 is 1.75 bits per heavy atom. The van der Waals surface area contributed by atoms with Gasteiger partial charge in [0.1, 0.15) is 0 Å². The van der Waals surface area contributed by atoms with Crippen molar-refractivity contribution in [1.82, 2.24) is 4.57 Å². The van der Waals surface area contributed by atoms with Crippen molar-refractivity contribution in [2.24, 2.45) is 0 Å². The first kappa shape index (κ1) is 33.5. The Bertz CT molecular complexity index is 3370. The third-order valence-electron chi connectivity index (χ3n) is 14.0. The topological polar surface area (TPSA) is 17.0 Å². The number of nitrogens with zero attached hydrogens (tertiary/aromatic N) is 1. The lowest BCUT2D eigenvalue weighted by Gasteiger charge is -2.46. The van der Waals surface area contributed by atoms with Gasteiger partial charge in [-0.15, -0.1) is 0 Å². The Morgan fingerprint density at radius 2 is 1.00 bits per heavy atom. The summed E-state index contributed by atoms with van der Waals surface area (Å²) in [6.45, 7) is 4.81. The van der Waals surface area contributed by atoms with Gasteiger partial charge in [0.25, 0.3) is 0 Å². The Balaban J connectivity index is 1.20. The largest absolute Gasteiger partial charge is 0.354 e. The van der Waals surface area contributed by atoms with Gasteiger partial charge in [0.15, 0.2) is 0 Å². The molecule has 2 heterocycles. The summed E-state index contributed by atoms with van der Waals surface area (Å²) in [5.74, 6) is 0. The third kappa shape index (κ3) is 4.22. The van der Waals surface area contributed by atoms with Crippen LogP contribution in [-0.4, -0.2) is 4.57 Å². The number of anilines is 2. The summed E-state index contributed by atoms with van der Waals surface area (Å²) >= 11 is 0. The van der Waals surface area contributed by atoms with Crippen LogP contribution in [0.1, 0.15) is 47.2 Å². The molecular formula is C58H40N2. The van der Waals surface area contributed by atoms with Crippen molar-refractivity contribution in [2.45, 2.75) is 24.7 Å². The minimum absolute atomic E-state index is 0.187. The summed E-state index contributed by atoms with van der Waals surface area (Å²) in [5, 5.41) is 6.67. The van der Waals surface area contributed by atoms with E-state index in [-0.39, 0.29) is 5.41 Å². The van der Waals surface area contributed by atoms with Crippen LogP contribution in [0.25, 0.3) is 72.0 Å². The van der Waals surface area contributed by atoms with Crippen LogP contribution in [0.3, 0.4) is 0 Å². The molecule has 0 bridgehead atoms. The van der Waals surface area contributed by atoms with Crippen molar-refractivity contribution in [2.75, 3.05) is 5.32 Å². The van der Waals surface area contributed by atoms with Gasteiger partial charge in [-0.2, -0.15) is 0 Å². The van der Waals surface area contributed by atoms with Crippen molar-refractivity contribution in [3.05, 3.63) is 234 Å². The molecule has 0 fully saturated rings. The van der Waals surface area contributed by atoms with Crippen LogP contribution in [0, 0.1) is 0 Å². The molecule has 60 heavy (non-hydrogen) atoms. The van der Waals surface area contributed by atoms with Gasteiger partial charge >= 0.3 is 0 Å². The van der Waals surface area contributed by atoms with Gasteiger partial charge in [0.2, 0.25) is 0 Å². The van der Waals surface area contributed by atoms with Gasteiger partial charge in [-0.25, -0.2) is 0 Å². The Hall–Kier alpha value is -7.42. The van der Waals surface area contributed by atoms with Gasteiger partial charge in [-0.05, 0) is 91.5 Å². The molecule has 1 spiro atoms. The second-order valence-corrected chi connectivity index (χ2v) is 17.3. The lowest BCUT2D eigenvalue weighted by atomic mass is 9.55. The molecule has 1 aliphatic heterocycles. The summed E-state index contributed by atoms with van der Waals surface area (Å²) in [5.41, 5.74) is 23.3. The first-order chi connectivity index (χ1) is 29.5. The third-order valence-corrected chi connectivity index (χ3v) is 14.0. The summed E-state index contributed by atoms with van der Waals surface area (Å²) < 4.78 is 2.58. The Labute approximate surface area is 350 Å². The molecule has 2 nitrogen and oxygen atoms in total. The van der Waals surface area contributed by atoms with Gasteiger partial charge < -0.3 is 9.88 Å². The standard InChI is InChI=1S/C58H40N2/c1-57(2)43-25-11-13-27-45(43)58(46-28-14-12-26-44(46)57)47-29-17-24-40-39-22-9-15-30-51(39)60-52-31-16-10-23-41(52)54-50(35-48(58)55(53(40)47)56(54)60)59-49-33-32-38(36-18-5-3-6-19-36)34-42(49)37-20-7-4-8-21-37/h3-35,59H,1-2H3. The van der Waals surface area contributed by atoms with E-state index in [0.717, 1.165) is 11.4 Å². The van der Waals surface area contributed by atoms with Crippen molar-refractivity contribution in [1.29, 1.82) is 0 Å². The van der Waals surface area contributed by atoms with Crippen LogP contribution in [0.4, 0.5) is 11.4 Å². The maximum absolute atomic E-state index is 4.19. The molecule has 0 amide bonds. The number of hydrogen-bond donors (Lipinski definition) is 1. The molecule has 0 saturated heterocycles. The maximum Gasteiger partial charge on any atom is 0.0721 e. The van der Waals surface area contributed by atoms with E-state index < -0.39 is 5.41 Å². The SMILES string of the molecule is CC1(C)c2ccccc2C2(c3ccccc31)c1cccc3c1-c1c2cc(Nc2ccc(-c4ccccc4)cc2-c2ccccc2)c2c4ccccc4n(c12)-c1ccccc1-3. The van der Waals surface area contributed by atoms with E-state index in [1.807, 2.05) is 0 Å². The van der Waals surface area contributed by atoms with Gasteiger partial charge in [0, 0.05) is 44.3 Å². The molecule has 3 aliphatic rings. The lowest BCUT2D eigenvalue weighted by molar-refractivity contribution is 0.563. The summed E-state index contributed by atoms with van der Waals surface area (Å²) in [6, 6.07) is 74.7. The zero-order valence-corrected chi connectivity index (χ0v) is 33.5. The molecule has 1 aromatic heterocycles. The molecule has 13 rings (SSSR count). The number of benzene rings is 9. The van der Waals surface area contributed by atoms with E-state index in [2.05, 4.69) is 224 Å². The average Bonchev–Trinajstić information content (AvgIpc) is 3.76. The number of nitrogens with one attached hydrogen (secondary N) is 1. The fourth-order valence-corrected chi connectivity index (χ4v) is 11.5. The highest BCUT2D eigenvalue weighted by molar-refractivity contribution is 6.24. The number of hydrogen-bond acceptors (Lipinski definition) is 1. The molecule has 1 N–H and O–H groups in total. The first-order valence-corrected chi connectivity index (χ1v) is 21.1. The number of fused-ring (bicyclic) bond motifs is 12. The highest BCUT2D eigenvalue weighted by Crippen LogP contribution is 2.66. The van der Waals surface area contributed by atoms with Crippen molar-refractivity contribution >= 4 is 33.2 Å². The average molecular weight is 765 g/mol. The monoisotopic (exact) mass is 764 g/mol. The molecule has 10 aromatic rings. The second kappa shape index (κ2) is 12.1. The molecular weight excluding hydrogens is 725 g/mol. The van der Waals surface area contributed by atoms with Crippen molar-refractivity contribution < 1.29 is 0 Å². The molecule has 2 heteroatoms. The van der Waals surface area contributed by atoms with Crippen LogP contribution >= 0.6 is 0 Å². The Morgan fingerprint density at radius 1 is 0.400 bits per heavy atom. The van der Waals surface area contributed by atoms with E-state index in [4.69, 9.17) is 0 Å². The fourth-order valence-electron chi connectivity index (χ4n) is 11.5. The van der Waals surface area contributed by atoms with E-state index >= 15 is 0 Å². The predicted molar refractivity (Wildman–Crippen MR) is 250 cm³/mol. The molecule has 0 radical (unpaired) electrons. The first-order valence-electron chi connectivity index (χ1n) is 21.1. The zero-order valence-electron chi connectivity index (χ0n) is 33.5.